The van der Waals surface area contributed by atoms with Gasteiger partial charge >= 0.3 is 8.69 Å². The zero-order valence-electron chi connectivity index (χ0n) is 7.88. The van der Waals surface area contributed by atoms with Crippen LogP contribution in [-0.2, 0) is 9.09 Å². The van der Waals surface area contributed by atoms with Crippen LogP contribution >= 0.6 is 8.69 Å². The maximum absolute atomic E-state index is 9.97. The molecule has 2 rings (SSSR count). The normalized spacial score (nSPS) is 13.9. The second-order valence-electron chi connectivity index (χ2n) is 2.89. The minimum absolute atomic E-state index is 0.278. The number of fused-ring (bicyclic) bond motifs is 1. The minimum Gasteiger partial charge on any atom is -0.454 e. The van der Waals surface area contributed by atoms with Gasteiger partial charge in [-0.3, -0.25) is 4.52 Å². The summed E-state index contributed by atoms with van der Waals surface area (Å²) in [5, 5.41) is 0. The molecule has 0 saturated carbocycles. The first-order valence-corrected chi connectivity index (χ1v) is 5.14. The molecule has 1 aliphatic heterocycles. The zero-order valence-corrected chi connectivity index (χ0v) is 8.78. The molecule has 0 fully saturated rings. The molecule has 15 heavy (non-hydrogen) atoms. The van der Waals surface area contributed by atoms with Gasteiger partial charge in [-0.1, -0.05) is 18.2 Å². The Labute approximate surface area is 88.7 Å². The molecule has 1 aliphatic rings. The van der Waals surface area contributed by atoms with Crippen molar-refractivity contribution in [3.8, 4) is 11.5 Å². The summed E-state index contributed by atoms with van der Waals surface area (Å²) in [6, 6.07) is 5.65. The molecule has 0 aliphatic carbocycles. The monoisotopic (exact) mass is 224 g/mol. The van der Waals surface area contributed by atoms with Crippen LogP contribution in [-0.4, -0.2) is 13.4 Å². The van der Waals surface area contributed by atoms with Crippen LogP contribution in [0.3, 0.4) is 0 Å². The van der Waals surface area contributed by atoms with Crippen LogP contribution in [0.25, 0.3) is 6.08 Å². The highest BCUT2D eigenvalue weighted by molar-refractivity contribution is 7.17. The van der Waals surface area contributed by atoms with Crippen LogP contribution in [0.15, 0.2) is 24.3 Å². The molecule has 0 saturated heterocycles. The van der Waals surface area contributed by atoms with Gasteiger partial charge in [-0.25, -0.2) is 4.57 Å². The summed E-state index contributed by atoms with van der Waals surface area (Å²) >= 11 is 0. The van der Waals surface area contributed by atoms with Crippen molar-refractivity contribution < 1.29 is 18.6 Å². The quantitative estimate of drug-likeness (QED) is 0.582. The second-order valence-corrected chi connectivity index (χ2v) is 3.29. The first-order chi connectivity index (χ1) is 7.40. The summed E-state index contributed by atoms with van der Waals surface area (Å²) in [6.45, 7) is 0.597. The fourth-order valence-electron chi connectivity index (χ4n) is 1.27. The second kappa shape index (κ2) is 4.91. The highest BCUT2D eigenvalue weighted by Gasteiger charge is 2.11. The van der Waals surface area contributed by atoms with E-state index < -0.39 is 0 Å². The van der Waals surface area contributed by atoms with E-state index >= 15 is 0 Å². The van der Waals surface area contributed by atoms with Gasteiger partial charge in [0.1, 0.15) is 0 Å². The highest BCUT2D eigenvalue weighted by Crippen LogP contribution is 2.32. The van der Waals surface area contributed by atoms with Gasteiger partial charge in [-0.05, 0) is 17.7 Å². The Bertz CT molecular complexity index is 389. The van der Waals surface area contributed by atoms with Gasteiger partial charge in [-0.15, -0.1) is 0 Å². The Morgan fingerprint density at radius 1 is 1.40 bits per heavy atom. The van der Waals surface area contributed by atoms with Gasteiger partial charge in [0.25, 0.3) is 0 Å². The molecule has 5 heteroatoms. The number of rotatable bonds is 4. The fraction of sp³-hybridized carbons (Fsp3) is 0.200. The van der Waals surface area contributed by atoms with Crippen LogP contribution in [0.1, 0.15) is 5.56 Å². The van der Waals surface area contributed by atoms with Gasteiger partial charge in [0.05, 0.1) is 6.61 Å². The Morgan fingerprint density at radius 2 is 2.27 bits per heavy atom. The van der Waals surface area contributed by atoms with E-state index in [0.29, 0.717) is 6.61 Å². The molecule has 0 N–H and O–H groups in total. The van der Waals surface area contributed by atoms with Crippen LogP contribution in [0.4, 0.5) is 0 Å². The molecule has 0 unspecified atom stereocenters. The SMILES string of the molecule is O=POCC=Cc1ccc2c(c1)OCO2. The van der Waals surface area contributed by atoms with Crippen LogP contribution in [0.5, 0.6) is 11.5 Å². The molecular formula is C10H9O4P. The molecule has 4 nitrogen and oxygen atoms in total. The molecule has 1 aromatic carbocycles. The maximum Gasteiger partial charge on any atom is 0.327 e. The highest BCUT2D eigenvalue weighted by atomic mass is 31.1. The lowest BCUT2D eigenvalue weighted by Gasteiger charge is -1.97. The van der Waals surface area contributed by atoms with Crippen molar-refractivity contribution in [3.63, 3.8) is 0 Å². The molecule has 78 valence electrons. The van der Waals surface area contributed by atoms with Crippen molar-refractivity contribution in [1.82, 2.24) is 0 Å². The summed E-state index contributed by atoms with van der Waals surface area (Å²) in [4.78, 5) is 0. The Kier molecular flexibility index (Phi) is 3.33. The Morgan fingerprint density at radius 3 is 3.13 bits per heavy atom. The van der Waals surface area contributed by atoms with Gasteiger partial charge in [0.15, 0.2) is 11.5 Å². The summed E-state index contributed by atoms with van der Waals surface area (Å²) in [5.74, 6) is 1.52. The third kappa shape index (κ3) is 2.55. The van der Waals surface area contributed by atoms with E-state index in [0.717, 1.165) is 17.1 Å². The van der Waals surface area contributed by atoms with E-state index in [1.807, 2.05) is 24.3 Å². The van der Waals surface area contributed by atoms with Gasteiger partial charge in [0.2, 0.25) is 6.79 Å². The lowest BCUT2D eigenvalue weighted by molar-refractivity contribution is 0.174. The van der Waals surface area contributed by atoms with E-state index in [1.54, 1.807) is 6.08 Å². The number of hydrogen-bond acceptors (Lipinski definition) is 4. The fourth-order valence-corrected chi connectivity index (χ4v) is 1.42. The van der Waals surface area contributed by atoms with Crippen molar-refractivity contribution in [3.05, 3.63) is 29.8 Å². The van der Waals surface area contributed by atoms with Crippen molar-refractivity contribution in [2.24, 2.45) is 0 Å². The molecule has 0 amide bonds. The molecule has 0 atom stereocenters. The van der Waals surface area contributed by atoms with Crippen molar-refractivity contribution in [1.29, 1.82) is 0 Å². The molecule has 0 spiro atoms. The number of benzene rings is 1. The first kappa shape index (κ1) is 10.1. The third-order valence-electron chi connectivity index (χ3n) is 1.93. The molecular weight excluding hydrogens is 215 g/mol. The largest absolute Gasteiger partial charge is 0.454 e. The number of ether oxygens (including phenoxy) is 2. The molecule has 1 aromatic rings. The lowest BCUT2D eigenvalue weighted by atomic mass is 10.2. The average molecular weight is 224 g/mol. The maximum atomic E-state index is 9.97. The van der Waals surface area contributed by atoms with E-state index in [-0.39, 0.29) is 15.5 Å². The van der Waals surface area contributed by atoms with Crippen LogP contribution in [0, 0.1) is 0 Å². The first-order valence-electron chi connectivity index (χ1n) is 4.41. The van der Waals surface area contributed by atoms with Crippen molar-refractivity contribution >= 4 is 14.8 Å². The van der Waals surface area contributed by atoms with Crippen LogP contribution in [0.2, 0.25) is 0 Å². The summed E-state index contributed by atoms with van der Waals surface area (Å²) in [6.07, 6.45) is 3.65. The molecule has 0 radical (unpaired) electrons. The van der Waals surface area contributed by atoms with Crippen molar-refractivity contribution in [2.75, 3.05) is 13.4 Å². The number of hydrogen-bond donors (Lipinski definition) is 0. The summed E-state index contributed by atoms with van der Waals surface area (Å²) in [7, 11) is -0.302. The molecule has 0 bridgehead atoms. The molecule has 1 heterocycles. The van der Waals surface area contributed by atoms with E-state index in [1.165, 1.54) is 0 Å². The van der Waals surface area contributed by atoms with E-state index in [2.05, 4.69) is 4.52 Å². The summed E-state index contributed by atoms with van der Waals surface area (Å²) < 4.78 is 25.0. The van der Waals surface area contributed by atoms with E-state index in [9.17, 15) is 4.57 Å². The van der Waals surface area contributed by atoms with Crippen molar-refractivity contribution in [2.45, 2.75) is 0 Å². The van der Waals surface area contributed by atoms with E-state index in [4.69, 9.17) is 9.47 Å². The van der Waals surface area contributed by atoms with Gasteiger partial charge in [-0.2, -0.15) is 0 Å². The molecule has 0 aromatic heterocycles. The predicted molar refractivity (Wildman–Crippen MR) is 55.2 cm³/mol. The topological polar surface area (TPSA) is 44.8 Å². The summed E-state index contributed by atoms with van der Waals surface area (Å²) in [5.41, 5.74) is 0.991. The predicted octanol–water partition coefficient (Wildman–Crippen LogP) is 2.65. The van der Waals surface area contributed by atoms with Gasteiger partial charge in [0, 0.05) is 0 Å². The third-order valence-corrected chi connectivity index (χ3v) is 2.18. The lowest BCUT2D eigenvalue weighted by Crippen LogP contribution is -1.92. The Hall–Kier alpha value is -1.38. The zero-order chi connectivity index (χ0) is 10.5. The van der Waals surface area contributed by atoms with Crippen LogP contribution < -0.4 is 9.47 Å². The van der Waals surface area contributed by atoms with Gasteiger partial charge < -0.3 is 9.47 Å². The average Bonchev–Trinajstić information content (AvgIpc) is 2.71. The Balaban J connectivity index is 2.03. The smallest absolute Gasteiger partial charge is 0.327 e. The minimum atomic E-state index is -0.302. The standard InChI is InChI=1S/C10H9O4P/c11-15-14-5-1-2-8-3-4-9-10(6-8)13-7-12-9/h1-4,6H,5,7H2.